The fourth-order valence-electron chi connectivity index (χ4n) is 0.695. The zero-order valence-electron chi connectivity index (χ0n) is 7.41. The molecule has 0 rings (SSSR count). The molecule has 12 heavy (non-hydrogen) atoms. The van der Waals surface area contributed by atoms with Gasteiger partial charge in [-0.3, -0.25) is 0 Å². The van der Waals surface area contributed by atoms with Crippen molar-refractivity contribution in [2.75, 3.05) is 13.1 Å². The number of rotatable bonds is 5. The third-order valence-electron chi connectivity index (χ3n) is 1.24. The van der Waals surface area contributed by atoms with Crippen LogP contribution in [0.2, 0.25) is 0 Å². The topological polar surface area (TPSA) is 95.2 Å². The summed E-state index contributed by atoms with van der Waals surface area (Å²) >= 11 is 0. The number of nitrogens with one attached hydrogen (secondary N) is 1. The van der Waals surface area contributed by atoms with Crippen molar-refractivity contribution >= 4 is 10.1 Å². The zero-order chi connectivity index (χ0) is 8.91. The summed E-state index contributed by atoms with van der Waals surface area (Å²) in [5, 5.41) is 1.54. The molecule has 0 bridgehead atoms. The van der Waals surface area contributed by atoms with Crippen LogP contribution in [0.3, 0.4) is 0 Å². The van der Waals surface area contributed by atoms with Crippen molar-refractivity contribution < 1.29 is 42.5 Å². The van der Waals surface area contributed by atoms with Crippen LogP contribution in [0.15, 0.2) is 0 Å². The Balaban J connectivity index is 0. The molecule has 0 saturated heterocycles. The third-order valence-corrected chi connectivity index (χ3v) is 2.43. The van der Waals surface area contributed by atoms with Crippen LogP contribution in [-0.2, 0) is 10.1 Å². The van der Waals surface area contributed by atoms with Gasteiger partial charge in [-0.1, -0.05) is 6.92 Å². The van der Waals surface area contributed by atoms with Crippen molar-refractivity contribution in [3.63, 3.8) is 0 Å². The first kappa shape index (κ1) is 15.3. The average molecular weight is 204 g/mol. The molecule has 0 aliphatic carbocycles. The zero-order valence-corrected chi connectivity index (χ0v) is 10.2. The van der Waals surface area contributed by atoms with E-state index in [4.69, 9.17) is 5.73 Å². The molecular weight excluding hydrogens is 191 g/mol. The first-order valence-corrected chi connectivity index (χ1v) is 4.87. The van der Waals surface area contributed by atoms with E-state index in [9.17, 15) is 13.0 Å². The van der Waals surface area contributed by atoms with E-state index in [0.29, 0.717) is 13.1 Å². The van der Waals surface area contributed by atoms with Crippen LogP contribution in [0.4, 0.5) is 0 Å². The second-order valence-corrected chi connectivity index (χ2v) is 3.69. The smallest absolute Gasteiger partial charge is 0.747 e. The normalized spacial score (nSPS) is 13.6. The SMILES string of the molecule is CCC(NCCN)S(=O)(=O)[O-].[Na+]. The van der Waals surface area contributed by atoms with E-state index in [1.807, 2.05) is 0 Å². The van der Waals surface area contributed by atoms with Gasteiger partial charge in [-0.25, -0.2) is 8.42 Å². The van der Waals surface area contributed by atoms with E-state index in [2.05, 4.69) is 5.32 Å². The standard InChI is InChI=1S/C5H14N2O3S.Na/c1-2-5(7-4-3-6)11(8,9)10;/h5,7H,2-4,6H2,1H3,(H,8,9,10);/q;+1/p-1. The van der Waals surface area contributed by atoms with Gasteiger partial charge < -0.3 is 15.6 Å². The molecule has 0 heterocycles. The molecule has 0 spiro atoms. The first-order valence-electron chi connectivity index (χ1n) is 3.40. The molecule has 0 aromatic rings. The molecular formula is C5H13N2NaO3S. The summed E-state index contributed by atoms with van der Waals surface area (Å²) in [6.07, 6.45) is 0.270. The Hall–Kier alpha value is 0.830. The van der Waals surface area contributed by atoms with Crippen LogP contribution < -0.4 is 40.6 Å². The van der Waals surface area contributed by atoms with Crippen molar-refractivity contribution in [1.29, 1.82) is 0 Å². The van der Waals surface area contributed by atoms with Crippen LogP contribution in [0, 0.1) is 0 Å². The molecule has 1 atom stereocenters. The Morgan fingerprint density at radius 2 is 2.08 bits per heavy atom. The average Bonchev–Trinajstić information content (AvgIpc) is 1.87. The fourth-order valence-corrected chi connectivity index (χ4v) is 1.43. The Morgan fingerprint density at radius 3 is 2.33 bits per heavy atom. The summed E-state index contributed by atoms with van der Waals surface area (Å²) < 4.78 is 31.2. The molecule has 0 fully saturated rings. The molecule has 0 aliphatic rings. The van der Waals surface area contributed by atoms with Crippen LogP contribution in [0.1, 0.15) is 13.3 Å². The second kappa shape index (κ2) is 7.25. The van der Waals surface area contributed by atoms with E-state index >= 15 is 0 Å². The molecule has 0 saturated carbocycles. The van der Waals surface area contributed by atoms with E-state index in [-0.39, 0.29) is 36.0 Å². The molecule has 0 aliphatic heterocycles. The molecule has 0 aromatic heterocycles. The van der Waals surface area contributed by atoms with Gasteiger partial charge in [0.15, 0.2) is 0 Å². The summed E-state index contributed by atoms with van der Waals surface area (Å²) in [7, 11) is -4.20. The Bertz CT molecular complexity index is 195. The molecule has 3 N–H and O–H groups in total. The largest absolute Gasteiger partial charge is 1.00 e. The minimum Gasteiger partial charge on any atom is -0.747 e. The van der Waals surface area contributed by atoms with Crippen LogP contribution >= 0.6 is 0 Å². The molecule has 0 radical (unpaired) electrons. The summed E-state index contributed by atoms with van der Waals surface area (Å²) in [6, 6.07) is 0. The Kier molecular flexibility index (Phi) is 9.25. The predicted octanol–water partition coefficient (Wildman–Crippen LogP) is -4.18. The van der Waals surface area contributed by atoms with Crippen LogP contribution in [0.5, 0.6) is 0 Å². The molecule has 5 nitrogen and oxygen atoms in total. The summed E-state index contributed by atoms with van der Waals surface area (Å²) in [5.74, 6) is 0. The van der Waals surface area contributed by atoms with Crippen molar-refractivity contribution in [3.05, 3.63) is 0 Å². The molecule has 68 valence electrons. The van der Waals surface area contributed by atoms with Crippen molar-refractivity contribution in [1.82, 2.24) is 5.32 Å². The van der Waals surface area contributed by atoms with Crippen molar-refractivity contribution in [2.45, 2.75) is 18.7 Å². The molecule has 0 amide bonds. The minimum atomic E-state index is -4.20. The Morgan fingerprint density at radius 1 is 1.58 bits per heavy atom. The summed E-state index contributed by atoms with van der Waals surface area (Å²) in [4.78, 5) is 0. The maximum absolute atomic E-state index is 10.4. The summed E-state index contributed by atoms with van der Waals surface area (Å²) in [6.45, 7) is 2.30. The van der Waals surface area contributed by atoms with Gasteiger partial charge in [-0.15, -0.1) is 0 Å². The second-order valence-electron chi connectivity index (χ2n) is 2.13. The van der Waals surface area contributed by atoms with Crippen molar-refractivity contribution in [2.24, 2.45) is 5.73 Å². The van der Waals surface area contributed by atoms with Gasteiger partial charge in [0, 0.05) is 13.1 Å². The predicted molar refractivity (Wildman–Crippen MR) is 40.8 cm³/mol. The number of hydrogen-bond donors (Lipinski definition) is 2. The number of hydrogen-bond acceptors (Lipinski definition) is 5. The van der Waals surface area contributed by atoms with E-state index in [1.165, 1.54) is 0 Å². The fraction of sp³-hybridized carbons (Fsp3) is 1.00. The maximum atomic E-state index is 10.4. The van der Waals surface area contributed by atoms with Crippen LogP contribution in [-0.4, -0.2) is 31.4 Å². The van der Waals surface area contributed by atoms with Gasteiger partial charge in [-0.05, 0) is 6.42 Å². The maximum Gasteiger partial charge on any atom is 1.00 e. The monoisotopic (exact) mass is 204 g/mol. The van der Waals surface area contributed by atoms with Gasteiger partial charge in [0.1, 0.15) is 10.1 Å². The van der Waals surface area contributed by atoms with E-state index in [0.717, 1.165) is 0 Å². The third kappa shape index (κ3) is 6.36. The quantitative estimate of drug-likeness (QED) is 0.350. The number of nitrogens with two attached hydrogens (primary N) is 1. The van der Waals surface area contributed by atoms with E-state index < -0.39 is 15.5 Å². The molecule has 7 heteroatoms. The van der Waals surface area contributed by atoms with Gasteiger partial charge in [0.25, 0.3) is 0 Å². The Labute approximate surface area is 95.1 Å². The van der Waals surface area contributed by atoms with E-state index in [1.54, 1.807) is 6.92 Å². The van der Waals surface area contributed by atoms with Crippen molar-refractivity contribution in [3.8, 4) is 0 Å². The van der Waals surface area contributed by atoms with Gasteiger partial charge >= 0.3 is 29.6 Å². The van der Waals surface area contributed by atoms with Gasteiger partial charge in [0.2, 0.25) is 0 Å². The van der Waals surface area contributed by atoms with Gasteiger partial charge in [0.05, 0.1) is 5.37 Å². The summed E-state index contributed by atoms with van der Waals surface area (Å²) in [5.41, 5.74) is 5.12. The molecule has 0 aromatic carbocycles. The van der Waals surface area contributed by atoms with Gasteiger partial charge in [-0.2, -0.15) is 0 Å². The minimum absolute atomic E-state index is 0. The first-order chi connectivity index (χ1) is 5.02. The van der Waals surface area contributed by atoms with Crippen LogP contribution in [0.25, 0.3) is 0 Å². The molecule has 1 unspecified atom stereocenters.